The summed E-state index contributed by atoms with van der Waals surface area (Å²) in [4.78, 5) is 21.5. The first kappa shape index (κ1) is 29.0. The van der Waals surface area contributed by atoms with Crippen LogP contribution in [-0.2, 0) is 40.6 Å². The van der Waals surface area contributed by atoms with Gasteiger partial charge in [0, 0.05) is 18.0 Å². The van der Waals surface area contributed by atoms with E-state index in [0.29, 0.717) is 18.2 Å². The van der Waals surface area contributed by atoms with Crippen LogP contribution in [0.25, 0.3) is 0 Å². The zero-order valence-electron chi connectivity index (χ0n) is 23.4. The van der Waals surface area contributed by atoms with Gasteiger partial charge in [-0.1, -0.05) is 61.5 Å². The maximum atomic E-state index is 12.8. The minimum atomic E-state index is -3.41. The fraction of sp³-hybridized carbons (Fsp3) is 0.312. The summed E-state index contributed by atoms with van der Waals surface area (Å²) in [6, 6.07) is 24.6. The minimum absolute atomic E-state index is 0.0436. The summed E-state index contributed by atoms with van der Waals surface area (Å²) >= 11 is 1.53. The van der Waals surface area contributed by atoms with E-state index in [1.165, 1.54) is 21.8 Å². The van der Waals surface area contributed by atoms with Crippen LogP contribution in [0.1, 0.15) is 53.6 Å². The van der Waals surface area contributed by atoms with E-state index >= 15 is 0 Å². The van der Waals surface area contributed by atoms with Gasteiger partial charge in [0.2, 0.25) is 5.91 Å². The highest BCUT2D eigenvalue weighted by atomic mass is 32.2. The van der Waals surface area contributed by atoms with Gasteiger partial charge in [0.25, 0.3) is 0 Å². The largest absolute Gasteiger partial charge is 0.494 e. The molecule has 1 amide bonds. The number of thiazole rings is 1. The van der Waals surface area contributed by atoms with Crippen LogP contribution in [0.4, 0.5) is 5.13 Å². The van der Waals surface area contributed by atoms with E-state index in [-0.39, 0.29) is 29.0 Å². The number of benzene rings is 3. The maximum Gasteiger partial charge on any atom is 0.230 e. The lowest BCUT2D eigenvalue weighted by Gasteiger charge is -2.23. The molecule has 1 N–H and O–H groups in total. The number of carbonyl (C=O) groups excluding carboxylic acids is 1. The number of hydrogen-bond donors (Lipinski definition) is 1. The molecule has 1 aliphatic heterocycles. The Hall–Kier alpha value is -3.53. The Labute approximate surface area is 246 Å². The summed E-state index contributed by atoms with van der Waals surface area (Å²) in [5, 5.41) is 3.56. The van der Waals surface area contributed by atoms with Gasteiger partial charge in [-0.15, -0.1) is 11.3 Å². The van der Waals surface area contributed by atoms with Gasteiger partial charge in [-0.05, 0) is 60.7 Å². The first-order valence-electron chi connectivity index (χ1n) is 14.0. The molecule has 0 aliphatic carbocycles. The van der Waals surface area contributed by atoms with Gasteiger partial charge in [0.15, 0.2) is 15.0 Å². The molecule has 9 heteroatoms. The number of amides is 1. The van der Waals surface area contributed by atoms with Gasteiger partial charge < -0.3 is 10.1 Å². The number of sulfone groups is 1. The molecule has 0 radical (unpaired) electrons. The molecule has 4 aromatic rings. The number of aryl methyl sites for hydroxylation is 1. The predicted molar refractivity (Wildman–Crippen MR) is 163 cm³/mol. The first-order valence-corrected chi connectivity index (χ1v) is 16.4. The topological polar surface area (TPSA) is 88.6 Å². The molecule has 214 valence electrons. The molecular weight excluding hydrogens is 555 g/mol. The van der Waals surface area contributed by atoms with E-state index in [4.69, 9.17) is 9.72 Å². The highest BCUT2D eigenvalue weighted by molar-refractivity contribution is 7.91. The summed E-state index contributed by atoms with van der Waals surface area (Å²) in [5.74, 6) is 0.754. The van der Waals surface area contributed by atoms with E-state index in [1.807, 2.05) is 49.4 Å². The Kier molecular flexibility index (Phi) is 9.17. The average Bonchev–Trinajstić information content (AvgIpc) is 3.50. The Morgan fingerprint density at radius 2 is 1.68 bits per heavy atom. The van der Waals surface area contributed by atoms with Crippen molar-refractivity contribution in [2.24, 2.45) is 0 Å². The molecule has 0 saturated carbocycles. The average molecular weight is 590 g/mol. The summed E-state index contributed by atoms with van der Waals surface area (Å²) in [6.07, 6.45) is 1.54. The van der Waals surface area contributed by atoms with Crippen molar-refractivity contribution in [3.63, 3.8) is 0 Å². The van der Waals surface area contributed by atoms with Crippen LogP contribution in [0.5, 0.6) is 5.75 Å². The van der Waals surface area contributed by atoms with Crippen LogP contribution in [0.2, 0.25) is 0 Å². The van der Waals surface area contributed by atoms with Gasteiger partial charge in [-0.3, -0.25) is 9.69 Å². The number of ether oxygens (including phenoxy) is 1. The lowest BCUT2D eigenvalue weighted by atomic mass is 10.1. The van der Waals surface area contributed by atoms with Gasteiger partial charge in [-0.2, -0.15) is 0 Å². The highest BCUT2D eigenvalue weighted by Gasteiger charge is 2.33. The summed E-state index contributed by atoms with van der Waals surface area (Å²) in [7, 11) is -3.41. The second kappa shape index (κ2) is 13.0. The molecule has 0 unspecified atom stereocenters. The maximum absolute atomic E-state index is 12.8. The molecule has 5 rings (SSSR count). The quantitative estimate of drug-likeness (QED) is 0.212. The fourth-order valence-corrected chi connectivity index (χ4v) is 7.50. The molecule has 1 atom stereocenters. The van der Waals surface area contributed by atoms with Gasteiger partial charge in [0.1, 0.15) is 5.75 Å². The fourth-order valence-electron chi connectivity index (χ4n) is 5.15. The molecule has 7 nitrogen and oxygen atoms in total. The Balaban J connectivity index is 1.15. The zero-order valence-corrected chi connectivity index (χ0v) is 25.0. The van der Waals surface area contributed by atoms with E-state index in [1.54, 1.807) is 24.3 Å². The summed E-state index contributed by atoms with van der Waals surface area (Å²) in [6.45, 7) is 6.42. The number of hydrogen-bond acceptors (Lipinski definition) is 7. The molecule has 0 fully saturated rings. The number of aromatic nitrogens is 1. The van der Waals surface area contributed by atoms with Crippen molar-refractivity contribution in [2.45, 2.75) is 57.1 Å². The Morgan fingerprint density at radius 1 is 0.976 bits per heavy atom. The van der Waals surface area contributed by atoms with E-state index < -0.39 is 9.84 Å². The monoisotopic (exact) mass is 589 g/mol. The lowest BCUT2D eigenvalue weighted by Crippen LogP contribution is -2.22. The van der Waals surface area contributed by atoms with Crippen molar-refractivity contribution in [1.29, 1.82) is 0 Å². The third kappa shape index (κ3) is 7.22. The van der Waals surface area contributed by atoms with E-state index in [0.717, 1.165) is 42.1 Å². The lowest BCUT2D eigenvalue weighted by molar-refractivity contribution is -0.115. The SMILES string of the molecule is CCOc1ccc(CN2Cc3sc(NC(=O)Cc4ccc(S(=O)(=O)CCc5ccccc5)cc4)nc3[C@H]2CC)cc1. The molecule has 1 aliphatic rings. The van der Waals surface area contributed by atoms with Gasteiger partial charge in [0.05, 0.1) is 35.4 Å². The second-order valence-electron chi connectivity index (χ2n) is 10.2. The Bertz CT molecular complexity index is 1570. The minimum Gasteiger partial charge on any atom is -0.494 e. The molecule has 41 heavy (non-hydrogen) atoms. The van der Waals surface area contributed by atoms with Crippen molar-refractivity contribution in [3.8, 4) is 5.75 Å². The molecule has 0 spiro atoms. The van der Waals surface area contributed by atoms with Crippen molar-refractivity contribution >= 4 is 32.2 Å². The van der Waals surface area contributed by atoms with Gasteiger partial charge >= 0.3 is 0 Å². The second-order valence-corrected chi connectivity index (χ2v) is 13.3. The first-order chi connectivity index (χ1) is 19.8. The number of carbonyl (C=O) groups is 1. The van der Waals surface area contributed by atoms with Crippen LogP contribution < -0.4 is 10.1 Å². The van der Waals surface area contributed by atoms with Gasteiger partial charge in [-0.25, -0.2) is 13.4 Å². The third-order valence-electron chi connectivity index (χ3n) is 7.23. The van der Waals surface area contributed by atoms with Crippen LogP contribution in [-0.4, -0.2) is 36.6 Å². The van der Waals surface area contributed by atoms with E-state index in [9.17, 15) is 13.2 Å². The third-order valence-corrected chi connectivity index (χ3v) is 9.94. The highest BCUT2D eigenvalue weighted by Crippen LogP contribution is 2.41. The van der Waals surface area contributed by atoms with Crippen LogP contribution in [0, 0.1) is 0 Å². The Morgan fingerprint density at radius 3 is 2.37 bits per heavy atom. The van der Waals surface area contributed by atoms with E-state index in [2.05, 4.69) is 29.3 Å². The number of nitrogens with zero attached hydrogens (tertiary/aromatic N) is 2. The van der Waals surface area contributed by atoms with Crippen molar-refractivity contribution in [3.05, 3.63) is 106 Å². The number of rotatable bonds is 12. The van der Waals surface area contributed by atoms with Crippen molar-refractivity contribution in [1.82, 2.24) is 9.88 Å². The van der Waals surface area contributed by atoms with Crippen LogP contribution >= 0.6 is 11.3 Å². The normalized spacial score (nSPS) is 15.0. The summed E-state index contributed by atoms with van der Waals surface area (Å²) < 4.78 is 31.1. The molecule has 1 aromatic heterocycles. The predicted octanol–water partition coefficient (Wildman–Crippen LogP) is 6.21. The molecule has 0 saturated heterocycles. The van der Waals surface area contributed by atoms with Crippen molar-refractivity contribution in [2.75, 3.05) is 17.7 Å². The van der Waals surface area contributed by atoms with Crippen LogP contribution in [0.15, 0.2) is 83.8 Å². The standard InChI is InChI=1S/C32H35N3O4S2/c1-3-28-31-29(22-35(28)21-25-10-14-26(15-11-25)39-4-2)40-32(34-31)33-30(36)20-24-12-16-27(17-13-24)41(37,38)19-18-23-8-6-5-7-9-23/h5-17,28H,3-4,18-22H2,1-2H3,(H,33,34,36)/t28-/m1/s1. The zero-order chi connectivity index (χ0) is 28.8. The van der Waals surface area contributed by atoms with Crippen LogP contribution in [0.3, 0.4) is 0 Å². The molecular formula is C32H35N3O4S2. The molecule has 2 heterocycles. The number of anilines is 1. The molecule has 0 bridgehead atoms. The van der Waals surface area contributed by atoms with Crippen molar-refractivity contribution < 1.29 is 17.9 Å². The number of fused-ring (bicyclic) bond motifs is 1. The number of nitrogens with one attached hydrogen (secondary N) is 1. The molecule has 3 aromatic carbocycles. The summed E-state index contributed by atoms with van der Waals surface area (Å²) in [5.41, 5.74) is 4.01. The smallest absolute Gasteiger partial charge is 0.230 e.